The smallest absolute Gasteiger partial charge is 0.407 e. The molecule has 11 atom stereocenters. The van der Waals surface area contributed by atoms with E-state index in [0.717, 1.165) is 83.4 Å². The van der Waals surface area contributed by atoms with Crippen LogP contribution in [0.5, 0.6) is 0 Å². The summed E-state index contributed by atoms with van der Waals surface area (Å²) >= 11 is 15.6. The molecule has 0 radical (unpaired) electrons. The highest BCUT2D eigenvalue weighted by molar-refractivity contribution is 7.15. The first-order chi connectivity index (χ1) is 51.7. The Morgan fingerprint density at radius 3 is 1.61 bits per heavy atom. The number of hydrogen-bond donors (Lipinski definition) is 4. The van der Waals surface area contributed by atoms with Gasteiger partial charge in [-0.05, 0) is 154 Å². The van der Waals surface area contributed by atoms with Gasteiger partial charge in [-0.2, -0.15) is 0 Å². The largest absolute Gasteiger partial charge is 0.469 e. The molecule has 572 valence electrons. The molecule has 4 amide bonds. The first-order valence-electron chi connectivity index (χ1n) is 36.0. The zero-order valence-corrected chi connectivity index (χ0v) is 67.4. The van der Waals surface area contributed by atoms with Crippen LogP contribution in [-0.4, -0.2) is 142 Å². The van der Waals surface area contributed by atoms with Crippen molar-refractivity contribution in [3.05, 3.63) is 196 Å². The van der Waals surface area contributed by atoms with Crippen molar-refractivity contribution in [2.24, 2.45) is 38.1 Å². The van der Waals surface area contributed by atoms with Gasteiger partial charge in [0.15, 0.2) is 17.4 Å². The molecule has 3 aromatic carbocycles. The number of aliphatic imine (C=N–C) groups is 2. The fraction of sp³-hybridized carbons (Fsp3) is 0.420. The molecular formula is C81H90Cl2N12O12S2. The molecule has 4 N–H and O–H groups in total. The third-order valence-electron chi connectivity index (χ3n) is 22.3. The van der Waals surface area contributed by atoms with E-state index < -0.39 is 58.3 Å². The number of ketones is 1. The molecule has 3 fully saturated rings. The van der Waals surface area contributed by atoms with E-state index in [2.05, 4.69) is 83.2 Å². The Morgan fingerprint density at radius 1 is 0.651 bits per heavy atom. The standard InChI is InChI=1S/C35H37NO8.2C20H20ClN5OS.C6H13NO2/c1-17-21(20-12-14-42-27(20)18-7-9-19(10-8-18)31(39)36-5)15-22-26(17)35(4)23(16-25(38)41-6)34(3)24(37)11-13-33(2)29(34)28(30(35)43-22)44-32(33)40;2*1-10-11(2)28-20-17(10)18(13-5-7-14(21)8-6-13)23-15(9-16(27)22-4)19-25-24-12(3)26(19)20;1-6(2,3)9-5(8)7-4/h7-14,21-23,28-30H,15-16H2,1-6H3,(H,36,39);2*5-8,15H,9H2,1-4H3,(H,22,27);1-4H3,(H,7,8)/t21-,22-,23-,28-,29+,30-,33-,34+,35-;2*15-;/m100./s1. The van der Waals surface area contributed by atoms with Gasteiger partial charge in [-0.25, -0.2) is 4.79 Å². The zero-order valence-electron chi connectivity index (χ0n) is 64.2. The van der Waals surface area contributed by atoms with Gasteiger partial charge in [-0.3, -0.25) is 47.9 Å². The summed E-state index contributed by atoms with van der Waals surface area (Å²) in [5.41, 5.74) is 9.47. The van der Waals surface area contributed by atoms with Crippen LogP contribution in [0.4, 0.5) is 4.79 Å². The monoisotopic (exact) mass is 1560 g/mol. The van der Waals surface area contributed by atoms with Crippen molar-refractivity contribution < 1.29 is 56.9 Å². The van der Waals surface area contributed by atoms with Crippen LogP contribution in [0.25, 0.3) is 21.3 Å². The van der Waals surface area contributed by atoms with Gasteiger partial charge < -0.3 is 44.6 Å². The third kappa shape index (κ3) is 14.2. The van der Waals surface area contributed by atoms with Gasteiger partial charge in [-0.1, -0.05) is 85.1 Å². The van der Waals surface area contributed by atoms with Crippen LogP contribution in [0.1, 0.15) is 175 Å². The van der Waals surface area contributed by atoms with Crippen molar-refractivity contribution >= 4 is 98.8 Å². The number of methoxy groups -OCH3 is 1. The molecule has 2 saturated heterocycles. The molecule has 4 aliphatic heterocycles. The number of nitrogens with zero attached hydrogens (tertiary/aromatic N) is 8. The molecule has 0 unspecified atom stereocenters. The highest BCUT2D eigenvalue weighted by atomic mass is 35.5. The lowest BCUT2D eigenvalue weighted by atomic mass is 9.42. The van der Waals surface area contributed by atoms with Crippen LogP contribution in [0, 0.1) is 69.6 Å². The van der Waals surface area contributed by atoms with Gasteiger partial charge in [0.05, 0.1) is 55.6 Å². The van der Waals surface area contributed by atoms with Crippen molar-refractivity contribution in [3.63, 3.8) is 0 Å². The molecule has 8 aromatic rings. The summed E-state index contributed by atoms with van der Waals surface area (Å²) in [6.07, 6.45) is 4.12. The Kier molecular flexibility index (Phi) is 22.1. The minimum absolute atomic E-state index is 0.0131. The normalized spacial score (nSPS) is 24.3. The minimum atomic E-state index is -1.06. The van der Waals surface area contributed by atoms with Crippen LogP contribution in [-0.2, 0) is 42.9 Å². The average Bonchev–Trinajstić information content (AvgIpc) is 1.50. The second-order valence-corrected chi connectivity index (χ2v) is 33.1. The van der Waals surface area contributed by atoms with Crippen LogP contribution in [0.15, 0.2) is 123 Å². The van der Waals surface area contributed by atoms with E-state index in [0.29, 0.717) is 33.7 Å². The number of thiophene rings is 2. The molecule has 7 aliphatic rings. The molecule has 0 bridgehead atoms. The highest BCUT2D eigenvalue weighted by Gasteiger charge is 2.78. The SMILES string of the molecule is CNC(=O)C[C@@H]1N=C(c2ccc(Cl)cc2)c2c(sc(C)c2C)-n2c(C)nnc21.CNC(=O)C[C@@H]1N=C(c2ccc(Cl)cc2)c2c(sc(C)c2C)-n2c(C)nnc21.CNC(=O)OC(C)(C)C.CNC(=O)c1ccc(-c2occc2[C@@H]2C[C@H]3O[C@@H]4[C@@H]5OC(=O)[C@]6(C)C=CC(=O)[C@](C)([C@@H](CC(=O)OC)[C@]4(C)C3=C2C)[C@@H]56)cc1. The van der Waals surface area contributed by atoms with Crippen LogP contribution in [0.2, 0.25) is 10.0 Å². The molecular weight excluding hydrogens is 1470 g/mol. The van der Waals surface area contributed by atoms with E-state index in [9.17, 15) is 33.6 Å². The Hall–Kier alpha value is -9.73. The molecule has 9 heterocycles. The number of aryl methyl sites for hydroxylation is 4. The summed E-state index contributed by atoms with van der Waals surface area (Å²) in [7, 11) is 7.75. The number of nitrogens with one attached hydrogen (secondary N) is 4. The Labute approximate surface area is 650 Å². The number of alkyl carbamates (subject to hydrolysis) is 1. The number of carbonyl (C=O) groups is 7. The lowest BCUT2D eigenvalue weighted by Gasteiger charge is -2.59. The maximum atomic E-state index is 13.9. The Balaban J connectivity index is 0.000000149. The number of hydrogen-bond acceptors (Lipinski definition) is 20. The number of rotatable bonds is 11. The number of furan rings is 1. The molecule has 0 spiro atoms. The number of halogens is 2. The van der Waals surface area contributed by atoms with Crippen molar-refractivity contribution in [2.45, 2.75) is 158 Å². The summed E-state index contributed by atoms with van der Waals surface area (Å²) in [6.45, 7) is 25.6. The van der Waals surface area contributed by atoms with Gasteiger partial charge in [0.1, 0.15) is 57.3 Å². The predicted octanol–water partition coefficient (Wildman–Crippen LogP) is 13.8. The third-order valence-corrected chi connectivity index (χ3v) is 25.2. The summed E-state index contributed by atoms with van der Waals surface area (Å²) in [6, 6.07) is 23.7. The van der Waals surface area contributed by atoms with E-state index in [1.165, 1.54) is 41.1 Å². The number of esters is 2. The first kappa shape index (κ1) is 78.8. The summed E-state index contributed by atoms with van der Waals surface area (Å²) in [5, 5.41) is 31.1. The predicted molar refractivity (Wildman–Crippen MR) is 417 cm³/mol. The fourth-order valence-corrected chi connectivity index (χ4v) is 19.5. The van der Waals surface area contributed by atoms with Crippen molar-refractivity contribution in [2.75, 3.05) is 35.3 Å². The number of allylic oxidation sites excluding steroid dienone is 2. The van der Waals surface area contributed by atoms with E-state index in [-0.39, 0.29) is 72.5 Å². The molecule has 5 aromatic heterocycles. The maximum Gasteiger partial charge on any atom is 0.407 e. The van der Waals surface area contributed by atoms with Gasteiger partial charge in [-0.15, -0.1) is 43.1 Å². The maximum absolute atomic E-state index is 13.9. The average molecular weight is 1560 g/mol. The fourth-order valence-electron chi connectivity index (χ4n) is 16.8. The number of aromatic nitrogens is 6. The van der Waals surface area contributed by atoms with Crippen molar-refractivity contribution in [3.8, 4) is 21.3 Å². The molecule has 28 heteroatoms. The quantitative estimate of drug-likeness (QED) is 0.0531. The van der Waals surface area contributed by atoms with E-state index in [4.69, 9.17) is 56.6 Å². The van der Waals surface area contributed by atoms with Gasteiger partial charge in [0, 0.05) is 110 Å². The summed E-state index contributed by atoms with van der Waals surface area (Å²) in [4.78, 5) is 99.8. The number of benzene rings is 3. The van der Waals surface area contributed by atoms with Crippen molar-refractivity contribution in [1.29, 1.82) is 0 Å². The zero-order chi connectivity index (χ0) is 78.8. The number of amides is 4. The van der Waals surface area contributed by atoms with Crippen LogP contribution in [0.3, 0.4) is 0 Å². The number of fused-ring (bicyclic) bond motifs is 10. The van der Waals surface area contributed by atoms with E-state index in [1.807, 2.05) is 124 Å². The van der Waals surface area contributed by atoms with Gasteiger partial charge >= 0.3 is 18.0 Å². The minimum Gasteiger partial charge on any atom is -0.469 e. The topological polar surface area (TPSA) is 304 Å². The lowest BCUT2D eigenvalue weighted by molar-refractivity contribution is -0.190. The van der Waals surface area contributed by atoms with Gasteiger partial charge in [0.25, 0.3) is 5.91 Å². The molecule has 109 heavy (non-hydrogen) atoms. The number of ether oxygens (including phenoxy) is 4. The highest BCUT2D eigenvalue weighted by Crippen LogP contribution is 2.72. The first-order valence-corrected chi connectivity index (χ1v) is 38.4. The lowest BCUT2D eigenvalue weighted by Crippen LogP contribution is -2.66. The van der Waals surface area contributed by atoms with E-state index in [1.54, 1.807) is 68.3 Å². The molecule has 3 aliphatic carbocycles. The molecule has 15 rings (SSSR count). The van der Waals surface area contributed by atoms with Gasteiger partial charge in [0.2, 0.25) is 11.8 Å². The summed E-state index contributed by atoms with van der Waals surface area (Å²) < 4.78 is 33.1. The molecule has 24 nitrogen and oxygen atoms in total. The van der Waals surface area contributed by atoms with Crippen LogP contribution >= 0.6 is 45.9 Å². The Bertz CT molecular complexity index is 4900. The Morgan fingerprint density at radius 2 is 1.16 bits per heavy atom. The summed E-state index contributed by atoms with van der Waals surface area (Å²) in [5.74, 6) is 1.45. The van der Waals surface area contributed by atoms with E-state index >= 15 is 0 Å². The van der Waals surface area contributed by atoms with Crippen LogP contribution < -0.4 is 21.3 Å². The second-order valence-electron chi connectivity index (χ2n) is 29.8. The molecule has 1 saturated carbocycles. The second kappa shape index (κ2) is 30.6. The van der Waals surface area contributed by atoms with Crippen molar-refractivity contribution in [1.82, 2.24) is 50.8 Å². The number of carbonyl (C=O) groups excluding carboxylic acids is 7.